The molecule has 0 amide bonds. The summed E-state index contributed by atoms with van der Waals surface area (Å²) in [6.07, 6.45) is 4.73. The van der Waals surface area contributed by atoms with Crippen molar-refractivity contribution in [3.05, 3.63) is 11.6 Å². The van der Waals surface area contributed by atoms with Crippen LogP contribution < -0.4 is 0 Å². The van der Waals surface area contributed by atoms with E-state index in [1.54, 1.807) is 0 Å². The molecule has 0 N–H and O–H groups in total. The van der Waals surface area contributed by atoms with Gasteiger partial charge in [-0.1, -0.05) is 19.9 Å². The first-order chi connectivity index (χ1) is 7.73. The molecule has 1 saturated carbocycles. The van der Waals surface area contributed by atoms with Crippen LogP contribution in [0.1, 0.15) is 47.5 Å². The lowest BCUT2D eigenvalue weighted by Crippen LogP contribution is -2.48. The van der Waals surface area contributed by atoms with Crippen molar-refractivity contribution in [2.75, 3.05) is 6.61 Å². The maximum absolute atomic E-state index is 11.7. The summed E-state index contributed by atoms with van der Waals surface area (Å²) in [5.74, 6) is 1.38. The second-order valence-corrected chi connectivity index (χ2v) is 7.15. The normalized spacial score (nSPS) is 30.3. The molecule has 17 heavy (non-hydrogen) atoms. The van der Waals surface area contributed by atoms with Gasteiger partial charge in [0, 0.05) is 0 Å². The van der Waals surface area contributed by atoms with E-state index in [9.17, 15) is 4.79 Å². The smallest absolute Gasteiger partial charge is 0.311 e. The molecule has 1 fully saturated rings. The van der Waals surface area contributed by atoms with Crippen molar-refractivity contribution in [2.45, 2.75) is 47.5 Å². The highest BCUT2D eigenvalue weighted by atomic mass is 16.5. The molecule has 0 saturated heterocycles. The second-order valence-electron chi connectivity index (χ2n) is 7.15. The summed E-state index contributed by atoms with van der Waals surface area (Å²) >= 11 is 0. The maximum atomic E-state index is 11.7. The lowest BCUT2D eigenvalue weighted by Gasteiger charge is -2.56. The Morgan fingerprint density at radius 3 is 2.59 bits per heavy atom. The Morgan fingerprint density at radius 2 is 2.12 bits per heavy atom. The first-order valence-corrected chi connectivity index (χ1v) is 6.59. The van der Waals surface area contributed by atoms with E-state index in [0.717, 1.165) is 12.3 Å². The van der Waals surface area contributed by atoms with E-state index in [1.807, 2.05) is 20.8 Å². The Bertz CT molecular complexity index is 358. The van der Waals surface area contributed by atoms with Crippen molar-refractivity contribution in [1.82, 2.24) is 0 Å². The van der Waals surface area contributed by atoms with E-state index >= 15 is 0 Å². The van der Waals surface area contributed by atoms with Crippen LogP contribution in [0, 0.1) is 22.7 Å². The molecule has 96 valence electrons. The molecule has 3 rings (SSSR count). The number of ether oxygens (including phenoxy) is 1. The fourth-order valence-corrected chi connectivity index (χ4v) is 3.01. The van der Waals surface area contributed by atoms with E-state index in [-0.39, 0.29) is 5.97 Å². The number of hydrogen-bond acceptors (Lipinski definition) is 2. The molecule has 0 spiro atoms. The van der Waals surface area contributed by atoms with E-state index in [4.69, 9.17) is 4.74 Å². The standard InChI is InChI=1S/C15H24O2/c1-14(2,3)13(16)17-9-10-6-7-11-8-12(10)15(11,4)5/h6,11-12H,7-9H2,1-5H3. The van der Waals surface area contributed by atoms with Crippen molar-refractivity contribution >= 4 is 5.97 Å². The summed E-state index contributed by atoms with van der Waals surface area (Å²) in [5, 5.41) is 0. The zero-order valence-corrected chi connectivity index (χ0v) is 11.7. The summed E-state index contributed by atoms with van der Waals surface area (Å²) in [6, 6.07) is 0. The molecule has 0 aromatic heterocycles. The molecule has 2 nitrogen and oxygen atoms in total. The quantitative estimate of drug-likeness (QED) is 0.541. The van der Waals surface area contributed by atoms with Gasteiger partial charge in [0.1, 0.15) is 6.61 Å². The van der Waals surface area contributed by atoms with Crippen molar-refractivity contribution in [3.63, 3.8) is 0 Å². The van der Waals surface area contributed by atoms with E-state index in [2.05, 4.69) is 19.9 Å². The highest BCUT2D eigenvalue weighted by Crippen LogP contribution is 2.59. The van der Waals surface area contributed by atoms with E-state index < -0.39 is 5.41 Å². The number of allylic oxidation sites excluding steroid dienone is 1. The third-order valence-electron chi connectivity index (χ3n) is 4.56. The fourth-order valence-electron chi connectivity index (χ4n) is 3.01. The molecule has 0 radical (unpaired) electrons. The van der Waals surface area contributed by atoms with Gasteiger partial charge in [0.2, 0.25) is 0 Å². The molecule has 2 unspecified atom stereocenters. The SMILES string of the molecule is CC(C)(C)C(=O)OCC1=CCC2CC1C2(C)C. The van der Waals surface area contributed by atoms with Crippen molar-refractivity contribution < 1.29 is 9.53 Å². The summed E-state index contributed by atoms with van der Waals surface area (Å²) in [5.41, 5.74) is 1.36. The fraction of sp³-hybridized carbons (Fsp3) is 0.800. The molecule has 3 aliphatic rings. The maximum Gasteiger partial charge on any atom is 0.311 e. The molecule has 0 aromatic rings. The molecular formula is C15H24O2. The van der Waals surface area contributed by atoms with Gasteiger partial charge in [-0.3, -0.25) is 4.79 Å². The number of rotatable bonds is 2. The first-order valence-electron chi connectivity index (χ1n) is 6.59. The predicted molar refractivity (Wildman–Crippen MR) is 68.5 cm³/mol. The largest absolute Gasteiger partial charge is 0.461 e. The number of fused-ring (bicyclic) bond motifs is 1. The molecular weight excluding hydrogens is 212 g/mol. The summed E-state index contributed by atoms with van der Waals surface area (Å²) in [7, 11) is 0. The minimum Gasteiger partial charge on any atom is -0.461 e. The number of esters is 1. The lowest BCUT2D eigenvalue weighted by atomic mass is 9.49. The first kappa shape index (κ1) is 12.7. The van der Waals surface area contributed by atoms with Gasteiger partial charge >= 0.3 is 5.97 Å². The zero-order chi connectivity index (χ0) is 12.8. The Hall–Kier alpha value is -0.790. The Balaban J connectivity index is 1.93. The zero-order valence-electron chi connectivity index (χ0n) is 11.7. The predicted octanol–water partition coefficient (Wildman–Crippen LogP) is 3.57. The monoisotopic (exact) mass is 236 g/mol. The Labute approximate surface area is 104 Å². The third kappa shape index (κ3) is 2.14. The number of carbonyl (C=O) groups excluding carboxylic acids is 1. The summed E-state index contributed by atoms with van der Waals surface area (Å²) < 4.78 is 5.43. The van der Waals surface area contributed by atoms with Crippen LogP contribution in [-0.4, -0.2) is 12.6 Å². The molecule has 0 heterocycles. The van der Waals surface area contributed by atoms with E-state index in [1.165, 1.54) is 12.0 Å². The van der Waals surface area contributed by atoms with Crippen LogP contribution in [0.5, 0.6) is 0 Å². The summed E-state index contributed by atoms with van der Waals surface area (Å²) in [6.45, 7) is 10.9. The molecule has 2 heteroatoms. The van der Waals surface area contributed by atoms with Gasteiger partial charge in [-0.2, -0.15) is 0 Å². The number of carbonyl (C=O) groups is 1. The van der Waals surface area contributed by atoms with Crippen LogP contribution in [0.25, 0.3) is 0 Å². The molecule has 3 aliphatic carbocycles. The van der Waals surface area contributed by atoms with Gasteiger partial charge < -0.3 is 4.74 Å². The van der Waals surface area contributed by atoms with Gasteiger partial charge in [-0.15, -0.1) is 0 Å². The van der Waals surface area contributed by atoms with Crippen LogP contribution >= 0.6 is 0 Å². The second kappa shape index (κ2) is 3.86. The minimum absolute atomic E-state index is 0.0994. The van der Waals surface area contributed by atoms with Crippen molar-refractivity contribution in [3.8, 4) is 0 Å². The average Bonchev–Trinajstić information content (AvgIpc) is 2.24. The van der Waals surface area contributed by atoms with Gasteiger partial charge in [0.05, 0.1) is 5.41 Å². The van der Waals surface area contributed by atoms with Crippen LogP contribution in [-0.2, 0) is 9.53 Å². The van der Waals surface area contributed by atoms with Crippen LogP contribution in [0.15, 0.2) is 11.6 Å². The molecule has 0 aromatic carbocycles. The molecule has 0 aliphatic heterocycles. The molecule has 2 bridgehead atoms. The van der Waals surface area contributed by atoms with Crippen LogP contribution in [0.3, 0.4) is 0 Å². The minimum atomic E-state index is -0.396. The lowest BCUT2D eigenvalue weighted by molar-refractivity contribution is -0.152. The highest BCUT2D eigenvalue weighted by molar-refractivity contribution is 5.75. The summed E-state index contributed by atoms with van der Waals surface area (Å²) in [4.78, 5) is 11.7. The van der Waals surface area contributed by atoms with Gasteiger partial charge in [0.25, 0.3) is 0 Å². The van der Waals surface area contributed by atoms with Crippen LogP contribution in [0.2, 0.25) is 0 Å². The van der Waals surface area contributed by atoms with Gasteiger partial charge in [0.15, 0.2) is 0 Å². The highest BCUT2D eigenvalue weighted by Gasteiger charge is 2.51. The van der Waals surface area contributed by atoms with Crippen molar-refractivity contribution in [1.29, 1.82) is 0 Å². The van der Waals surface area contributed by atoms with Crippen molar-refractivity contribution in [2.24, 2.45) is 22.7 Å². The van der Waals surface area contributed by atoms with Crippen LogP contribution in [0.4, 0.5) is 0 Å². The average molecular weight is 236 g/mol. The number of hydrogen-bond donors (Lipinski definition) is 0. The van der Waals surface area contributed by atoms with Gasteiger partial charge in [-0.25, -0.2) is 0 Å². The Kier molecular flexibility index (Phi) is 2.87. The third-order valence-corrected chi connectivity index (χ3v) is 4.56. The topological polar surface area (TPSA) is 26.3 Å². The Morgan fingerprint density at radius 1 is 1.47 bits per heavy atom. The van der Waals surface area contributed by atoms with Gasteiger partial charge in [-0.05, 0) is 56.4 Å². The molecule has 2 atom stereocenters. The van der Waals surface area contributed by atoms with E-state index in [0.29, 0.717) is 17.9 Å².